The number of hydrogen-bond acceptors (Lipinski definition) is 5. The van der Waals surface area contributed by atoms with Gasteiger partial charge in [0.15, 0.2) is 0 Å². The standard InChI is InChI=1S/C15H25NO2S2/c1-2-19-15-7-3-6-14(15)16-9-12(17)10-18-11-13-5-4-8-20-13/h4-5,8,12,14-17H,2-3,6-7,9-11H2,1H3. The molecule has 0 radical (unpaired) electrons. The lowest BCUT2D eigenvalue weighted by Crippen LogP contribution is -2.40. The Morgan fingerprint density at radius 3 is 3.20 bits per heavy atom. The molecule has 0 saturated heterocycles. The van der Waals surface area contributed by atoms with Gasteiger partial charge in [0, 0.05) is 22.7 Å². The number of aliphatic hydroxyl groups is 1. The van der Waals surface area contributed by atoms with E-state index in [9.17, 15) is 5.11 Å². The molecular weight excluding hydrogens is 290 g/mol. The number of thiophene rings is 1. The van der Waals surface area contributed by atoms with Gasteiger partial charge >= 0.3 is 0 Å². The molecule has 20 heavy (non-hydrogen) atoms. The van der Waals surface area contributed by atoms with Crippen molar-refractivity contribution in [2.75, 3.05) is 18.9 Å². The molecule has 1 aliphatic rings. The topological polar surface area (TPSA) is 41.5 Å². The van der Waals surface area contributed by atoms with Gasteiger partial charge in [-0.3, -0.25) is 0 Å². The van der Waals surface area contributed by atoms with Gasteiger partial charge in [0.2, 0.25) is 0 Å². The molecule has 0 spiro atoms. The van der Waals surface area contributed by atoms with Crippen LogP contribution in [0.5, 0.6) is 0 Å². The van der Waals surface area contributed by atoms with Crippen molar-refractivity contribution in [1.82, 2.24) is 5.32 Å². The Bertz CT molecular complexity index is 359. The molecule has 0 amide bonds. The number of hydrogen-bond donors (Lipinski definition) is 2. The van der Waals surface area contributed by atoms with Gasteiger partial charge in [-0.2, -0.15) is 11.8 Å². The van der Waals surface area contributed by atoms with Gasteiger partial charge in [-0.05, 0) is 30.0 Å². The molecule has 1 aliphatic carbocycles. The normalized spacial score (nSPS) is 24.1. The summed E-state index contributed by atoms with van der Waals surface area (Å²) in [4.78, 5) is 1.21. The van der Waals surface area contributed by atoms with Crippen LogP contribution in [0.1, 0.15) is 31.1 Å². The molecule has 1 aromatic heterocycles. The molecule has 0 aromatic carbocycles. The zero-order chi connectivity index (χ0) is 14.2. The molecule has 2 N–H and O–H groups in total. The summed E-state index contributed by atoms with van der Waals surface area (Å²) in [5.41, 5.74) is 0. The molecule has 1 saturated carbocycles. The van der Waals surface area contributed by atoms with E-state index in [1.165, 1.54) is 29.9 Å². The lowest BCUT2D eigenvalue weighted by atomic mass is 10.2. The highest BCUT2D eigenvalue weighted by Crippen LogP contribution is 2.29. The van der Waals surface area contributed by atoms with Gasteiger partial charge in [-0.1, -0.05) is 19.4 Å². The zero-order valence-corrected chi connectivity index (χ0v) is 13.7. The molecule has 2 rings (SSSR count). The van der Waals surface area contributed by atoms with E-state index in [4.69, 9.17) is 4.74 Å². The summed E-state index contributed by atoms with van der Waals surface area (Å²) in [7, 11) is 0. The predicted molar refractivity (Wildman–Crippen MR) is 87.5 cm³/mol. The minimum absolute atomic E-state index is 0.406. The van der Waals surface area contributed by atoms with Crippen molar-refractivity contribution in [2.24, 2.45) is 0 Å². The van der Waals surface area contributed by atoms with Crippen molar-refractivity contribution in [3.05, 3.63) is 22.4 Å². The summed E-state index contributed by atoms with van der Waals surface area (Å²) in [6.45, 7) is 3.86. The molecule has 0 bridgehead atoms. The lowest BCUT2D eigenvalue weighted by Gasteiger charge is -2.22. The number of thioether (sulfide) groups is 1. The van der Waals surface area contributed by atoms with Crippen molar-refractivity contribution < 1.29 is 9.84 Å². The maximum Gasteiger partial charge on any atom is 0.0897 e. The largest absolute Gasteiger partial charge is 0.389 e. The van der Waals surface area contributed by atoms with Gasteiger partial charge in [-0.15, -0.1) is 11.3 Å². The summed E-state index contributed by atoms with van der Waals surface area (Å²) in [5, 5.41) is 16.2. The van der Waals surface area contributed by atoms with Gasteiger partial charge in [0.05, 0.1) is 19.3 Å². The van der Waals surface area contributed by atoms with Crippen molar-refractivity contribution in [3.8, 4) is 0 Å². The molecule has 3 unspecified atom stereocenters. The minimum Gasteiger partial charge on any atom is -0.389 e. The number of rotatable bonds is 9. The molecule has 3 nitrogen and oxygen atoms in total. The maximum atomic E-state index is 9.96. The first-order chi connectivity index (χ1) is 9.79. The van der Waals surface area contributed by atoms with E-state index in [2.05, 4.69) is 18.3 Å². The fourth-order valence-corrected chi connectivity index (χ4v) is 4.48. The van der Waals surface area contributed by atoms with E-state index in [1.807, 2.05) is 23.2 Å². The Hall–Kier alpha value is -0.0700. The second kappa shape index (κ2) is 9.05. The van der Waals surface area contributed by atoms with Crippen molar-refractivity contribution >= 4 is 23.1 Å². The SMILES string of the molecule is CCSC1CCCC1NCC(O)COCc1cccs1. The summed E-state index contributed by atoms with van der Waals surface area (Å²) in [5.74, 6) is 1.18. The molecule has 0 aliphatic heterocycles. The Labute approximate surface area is 130 Å². The van der Waals surface area contributed by atoms with Gasteiger partial charge in [0.1, 0.15) is 0 Å². The van der Waals surface area contributed by atoms with E-state index in [0.717, 1.165) is 5.25 Å². The van der Waals surface area contributed by atoms with Crippen LogP contribution < -0.4 is 5.32 Å². The molecule has 114 valence electrons. The van der Waals surface area contributed by atoms with Crippen LogP contribution in [0.25, 0.3) is 0 Å². The van der Waals surface area contributed by atoms with Gasteiger partial charge < -0.3 is 15.2 Å². The van der Waals surface area contributed by atoms with E-state index >= 15 is 0 Å². The third-order valence-electron chi connectivity index (χ3n) is 3.58. The van der Waals surface area contributed by atoms with Crippen molar-refractivity contribution in [1.29, 1.82) is 0 Å². The van der Waals surface area contributed by atoms with Crippen LogP contribution >= 0.6 is 23.1 Å². The minimum atomic E-state index is -0.414. The molecular formula is C15H25NO2S2. The monoisotopic (exact) mass is 315 g/mol. The average Bonchev–Trinajstić information content (AvgIpc) is 3.08. The summed E-state index contributed by atoms with van der Waals surface area (Å²) >= 11 is 3.73. The maximum absolute atomic E-state index is 9.96. The molecule has 3 atom stereocenters. The Morgan fingerprint density at radius 2 is 2.45 bits per heavy atom. The van der Waals surface area contributed by atoms with Crippen molar-refractivity contribution in [3.63, 3.8) is 0 Å². The Morgan fingerprint density at radius 1 is 1.55 bits per heavy atom. The fourth-order valence-electron chi connectivity index (χ4n) is 2.61. The first-order valence-electron chi connectivity index (χ1n) is 7.42. The average molecular weight is 316 g/mol. The van der Waals surface area contributed by atoms with E-state index < -0.39 is 6.10 Å². The zero-order valence-electron chi connectivity index (χ0n) is 12.1. The quantitative estimate of drug-likeness (QED) is 0.735. The highest BCUT2D eigenvalue weighted by Gasteiger charge is 2.26. The van der Waals surface area contributed by atoms with Crippen LogP contribution in [0.15, 0.2) is 17.5 Å². The fraction of sp³-hybridized carbons (Fsp3) is 0.733. The Kier molecular flexibility index (Phi) is 7.38. The van der Waals surface area contributed by atoms with Crippen LogP contribution in [0.4, 0.5) is 0 Å². The molecule has 1 fully saturated rings. The number of nitrogens with one attached hydrogen (secondary N) is 1. The smallest absolute Gasteiger partial charge is 0.0897 e. The van der Waals surface area contributed by atoms with E-state index in [0.29, 0.717) is 25.8 Å². The molecule has 5 heteroatoms. The first kappa shape index (κ1) is 16.3. The Balaban J connectivity index is 1.58. The number of ether oxygens (including phenoxy) is 1. The molecule has 1 heterocycles. The lowest BCUT2D eigenvalue weighted by molar-refractivity contribution is 0.0287. The number of aliphatic hydroxyl groups excluding tert-OH is 1. The highest BCUT2D eigenvalue weighted by molar-refractivity contribution is 7.99. The second-order valence-electron chi connectivity index (χ2n) is 5.19. The van der Waals surface area contributed by atoms with Crippen LogP contribution in [-0.2, 0) is 11.3 Å². The van der Waals surface area contributed by atoms with Gasteiger partial charge in [-0.25, -0.2) is 0 Å². The van der Waals surface area contributed by atoms with E-state index in [1.54, 1.807) is 11.3 Å². The summed E-state index contributed by atoms with van der Waals surface area (Å²) in [6.07, 6.45) is 3.44. The third-order valence-corrected chi connectivity index (χ3v) is 5.76. The predicted octanol–water partition coefficient (Wildman–Crippen LogP) is 2.89. The highest BCUT2D eigenvalue weighted by atomic mass is 32.2. The molecule has 1 aromatic rings. The van der Waals surface area contributed by atoms with Crippen LogP contribution in [0.2, 0.25) is 0 Å². The van der Waals surface area contributed by atoms with Crippen molar-refractivity contribution in [2.45, 2.75) is 50.2 Å². The second-order valence-corrected chi connectivity index (χ2v) is 7.74. The first-order valence-corrected chi connectivity index (χ1v) is 9.35. The summed E-state index contributed by atoms with van der Waals surface area (Å²) in [6, 6.07) is 4.64. The third kappa shape index (κ3) is 5.37. The van der Waals surface area contributed by atoms with E-state index in [-0.39, 0.29) is 0 Å². The van der Waals surface area contributed by atoms with Crippen LogP contribution in [0, 0.1) is 0 Å². The van der Waals surface area contributed by atoms with Crippen LogP contribution in [-0.4, -0.2) is 41.4 Å². The van der Waals surface area contributed by atoms with Gasteiger partial charge in [0.25, 0.3) is 0 Å². The summed E-state index contributed by atoms with van der Waals surface area (Å²) < 4.78 is 5.54. The van der Waals surface area contributed by atoms with Crippen LogP contribution in [0.3, 0.4) is 0 Å².